The van der Waals surface area contributed by atoms with E-state index in [-0.39, 0.29) is 0 Å². The fourth-order valence-electron chi connectivity index (χ4n) is 1.92. The maximum Gasteiger partial charge on any atom is 0.142 e. The molecule has 0 heterocycles. The predicted molar refractivity (Wildman–Crippen MR) is 84.6 cm³/mol. The molecule has 0 atom stereocenters. The fraction of sp³-hybridized carbons (Fsp3) is 0.625. The van der Waals surface area contributed by atoms with Gasteiger partial charge in [-0.05, 0) is 24.8 Å². The lowest BCUT2D eigenvalue weighted by Gasteiger charge is -2.14. The van der Waals surface area contributed by atoms with Crippen molar-refractivity contribution in [2.75, 3.05) is 26.9 Å². The van der Waals surface area contributed by atoms with Crippen LogP contribution in [-0.2, 0) is 11.3 Å². The average molecular weight is 300 g/mol. The van der Waals surface area contributed by atoms with Gasteiger partial charge in [-0.3, -0.25) is 0 Å². The summed E-state index contributed by atoms with van der Waals surface area (Å²) in [6.07, 6.45) is 2.23. The Bertz CT molecular complexity index is 383. The summed E-state index contributed by atoms with van der Waals surface area (Å²) >= 11 is 6.23. The average Bonchev–Trinajstić information content (AvgIpc) is 2.41. The molecule has 0 saturated carbocycles. The van der Waals surface area contributed by atoms with Crippen LogP contribution >= 0.6 is 11.6 Å². The Kier molecular flexibility index (Phi) is 8.67. The van der Waals surface area contributed by atoms with Crippen LogP contribution in [0.3, 0.4) is 0 Å². The van der Waals surface area contributed by atoms with Gasteiger partial charge in [0.15, 0.2) is 0 Å². The van der Waals surface area contributed by atoms with Gasteiger partial charge in [-0.2, -0.15) is 0 Å². The van der Waals surface area contributed by atoms with Gasteiger partial charge in [0, 0.05) is 25.8 Å². The van der Waals surface area contributed by atoms with E-state index in [0.717, 1.165) is 30.8 Å². The molecular weight excluding hydrogens is 274 g/mol. The molecule has 1 aromatic carbocycles. The largest absolute Gasteiger partial charge is 0.492 e. The first-order valence-corrected chi connectivity index (χ1v) is 7.62. The van der Waals surface area contributed by atoms with Gasteiger partial charge >= 0.3 is 0 Å². The van der Waals surface area contributed by atoms with Crippen molar-refractivity contribution in [3.05, 3.63) is 28.8 Å². The van der Waals surface area contributed by atoms with Gasteiger partial charge in [0.1, 0.15) is 5.75 Å². The van der Waals surface area contributed by atoms with Crippen molar-refractivity contribution in [1.82, 2.24) is 5.32 Å². The highest BCUT2D eigenvalue weighted by molar-refractivity contribution is 6.32. The van der Waals surface area contributed by atoms with Crippen LogP contribution in [0.5, 0.6) is 5.75 Å². The molecule has 0 aliphatic rings. The first kappa shape index (κ1) is 17.3. The molecule has 0 aliphatic carbocycles. The highest BCUT2D eigenvalue weighted by Gasteiger charge is 2.08. The summed E-state index contributed by atoms with van der Waals surface area (Å²) in [5, 5.41) is 4.00. The molecule has 0 aliphatic heterocycles. The van der Waals surface area contributed by atoms with E-state index in [0.29, 0.717) is 24.2 Å². The van der Waals surface area contributed by atoms with Crippen LogP contribution in [0.15, 0.2) is 18.2 Å². The molecule has 0 spiro atoms. The minimum atomic E-state index is 0.681. The lowest BCUT2D eigenvalue weighted by Crippen LogP contribution is -2.19. The van der Waals surface area contributed by atoms with E-state index in [9.17, 15) is 0 Å². The Morgan fingerprint density at radius 1 is 1.25 bits per heavy atom. The lowest BCUT2D eigenvalue weighted by atomic mass is 10.1. The van der Waals surface area contributed by atoms with E-state index >= 15 is 0 Å². The van der Waals surface area contributed by atoms with Gasteiger partial charge in [0.25, 0.3) is 0 Å². The van der Waals surface area contributed by atoms with Crippen LogP contribution < -0.4 is 10.1 Å². The van der Waals surface area contributed by atoms with Crippen LogP contribution in [0.25, 0.3) is 0 Å². The molecule has 0 aromatic heterocycles. The second kappa shape index (κ2) is 10.0. The molecule has 0 bridgehead atoms. The maximum absolute atomic E-state index is 6.23. The summed E-state index contributed by atoms with van der Waals surface area (Å²) in [5.74, 6) is 1.52. The van der Waals surface area contributed by atoms with Crippen molar-refractivity contribution < 1.29 is 9.47 Å². The van der Waals surface area contributed by atoms with Gasteiger partial charge < -0.3 is 14.8 Å². The van der Waals surface area contributed by atoms with Gasteiger partial charge in [-0.25, -0.2) is 0 Å². The standard InChI is InChI=1S/C16H26ClNO2/c1-13(2)6-5-10-20-16-14(7-4-8-15(16)17)12-18-9-11-19-3/h4,7-8,13,18H,5-6,9-12H2,1-3H3. The number of para-hydroxylation sites is 1. The van der Waals surface area contributed by atoms with Crippen LogP contribution in [-0.4, -0.2) is 26.9 Å². The summed E-state index contributed by atoms with van der Waals surface area (Å²) in [6.45, 7) is 7.42. The molecular formula is C16H26ClNO2. The zero-order chi connectivity index (χ0) is 14.8. The van der Waals surface area contributed by atoms with E-state index in [1.165, 1.54) is 6.42 Å². The van der Waals surface area contributed by atoms with Crippen molar-refractivity contribution in [1.29, 1.82) is 0 Å². The van der Waals surface area contributed by atoms with Crippen molar-refractivity contribution in [3.8, 4) is 5.75 Å². The Balaban J connectivity index is 2.49. The molecule has 3 nitrogen and oxygen atoms in total. The topological polar surface area (TPSA) is 30.5 Å². The van der Waals surface area contributed by atoms with Crippen molar-refractivity contribution >= 4 is 11.6 Å². The summed E-state index contributed by atoms with van der Waals surface area (Å²) in [4.78, 5) is 0. The van der Waals surface area contributed by atoms with Crippen LogP contribution in [0.2, 0.25) is 5.02 Å². The number of hydrogen-bond acceptors (Lipinski definition) is 3. The Morgan fingerprint density at radius 2 is 2.05 bits per heavy atom. The molecule has 0 amide bonds. The highest BCUT2D eigenvalue weighted by atomic mass is 35.5. The first-order valence-electron chi connectivity index (χ1n) is 7.25. The maximum atomic E-state index is 6.23. The van der Waals surface area contributed by atoms with E-state index < -0.39 is 0 Å². The van der Waals surface area contributed by atoms with Crippen molar-refractivity contribution in [2.24, 2.45) is 5.92 Å². The molecule has 1 aromatic rings. The minimum absolute atomic E-state index is 0.681. The van der Waals surface area contributed by atoms with Gasteiger partial charge in [0.05, 0.1) is 18.2 Å². The summed E-state index contributed by atoms with van der Waals surface area (Å²) < 4.78 is 10.9. The molecule has 20 heavy (non-hydrogen) atoms. The predicted octanol–water partition coefficient (Wildman–Crippen LogP) is 3.89. The highest BCUT2D eigenvalue weighted by Crippen LogP contribution is 2.28. The molecule has 0 radical (unpaired) electrons. The van der Waals surface area contributed by atoms with Gasteiger partial charge in [-0.15, -0.1) is 0 Å². The van der Waals surface area contributed by atoms with E-state index in [2.05, 4.69) is 19.2 Å². The van der Waals surface area contributed by atoms with Crippen LogP contribution in [0.4, 0.5) is 0 Å². The number of nitrogens with one attached hydrogen (secondary N) is 1. The van der Waals surface area contributed by atoms with E-state index in [4.69, 9.17) is 21.1 Å². The molecule has 0 fully saturated rings. The molecule has 0 unspecified atom stereocenters. The normalized spacial score (nSPS) is 11.1. The molecule has 1 rings (SSSR count). The van der Waals surface area contributed by atoms with Crippen molar-refractivity contribution in [2.45, 2.75) is 33.2 Å². The third-order valence-corrected chi connectivity index (χ3v) is 3.32. The zero-order valence-electron chi connectivity index (χ0n) is 12.7. The van der Waals surface area contributed by atoms with Crippen LogP contribution in [0.1, 0.15) is 32.3 Å². The van der Waals surface area contributed by atoms with Gasteiger partial charge in [0.2, 0.25) is 0 Å². The first-order chi connectivity index (χ1) is 9.65. The van der Waals surface area contributed by atoms with Crippen LogP contribution in [0, 0.1) is 5.92 Å². The zero-order valence-corrected chi connectivity index (χ0v) is 13.5. The minimum Gasteiger partial charge on any atom is -0.492 e. The van der Waals surface area contributed by atoms with Crippen molar-refractivity contribution in [3.63, 3.8) is 0 Å². The fourth-order valence-corrected chi connectivity index (χ4v) is 2.17. The quantitative estimate of drug-likeness (QED) is 0.665. The van der Waals surface area contributed by atoms with Gasteiger partial charge in [-0.1, -0.05) is 37.6 Å². The third kappa shape index (κ3) is 6.60. The second-order valence-corrected chi connectivity index (χ2v) is 5.69. The number of benzene rings is 1. The smallest absolute Gasteiger partial charge is 0.142 e. The third-order valence-electron chi connectivity index (χ3n) is 3.02. The monoisotopic (exact) mass is 299 g/mol. The number of rotatable bonds is 10. The van der Waals surface area contributed by atoms with E-state index in [1.54, 1.807) is 7.11 Å². The summed E-state index contributed by atoms with van der Waals surface area (Å²) in [7, 11) is 1.70. The summed E-state index contributed by atoms with van der Waals surface area (Å²) in [6, 6.07) is 5.87. The summed E-state index contributed by atoms with van der Waals surface area (Å²) in [5.41, 5.74) is 1.10. The number of hydrogen-bond donors (Lipinski definition) is 1. The number of ether oxygens (including phenoxy) is 2. The number of methoxy groups -OCH3 is 1. The lowest BCUT2D eigenvalue weighted by molar-refractivity contribution is 0.199. The Labute approximate surface area is 127 Å². The second-order valence-electron chi connectivity index (χ2n) is 5.28. The molecule has 114 valence electrons. The Morgan fingerprint density at radius 3 is 2.75 bits per heavy atom. The molecule has 0 saturated heterocycles. The molecule has 4 heteroatoms. The molecule has 1 N–H and O–H groups in total. The van der Waals surface area contributed by atoms with E-state index in [1.807, 2.05) is 18.2 Å². The SMILES string of the molecule is COCCNCc1cccc(Cl)c1OCCCC(C)C. The Hall–Kier alpha value is -0.770. The number of halogens is 1.